The lowest BCUT2D eigenvalue weighted by molar-refractivity contribution is -0.109. The number of carbonyl (C=O) groups is 1. The molecule has 0 spiro atoms. The number of hydrogen-bond donors (Lipinski definition) is 2. The second-order valence-corrected chi connectivity index (χ2v) is 9.15. The third-order valence-electron chi connectivity index (χ3n) is 6.89. The highest BCUT2D eigenvalue weighted by Gasteiger charge is 2.23. The number of pyridine rings is 1. The van der Waals surface area contributed by atoms with Gasteiger partial charge in [0.15, 0.2) is 11.6 Å². The summed E-state index contributed by atoms with van der Waals surface area (Å²) in [7, 11) is 3.61. The van der Waals surface area contributed by atoms with Gasteiger partial charge in [-0.3, -0.25) is 0 Å². The Kier molecular flexibility index (Phi) is 6.51. The molecule has 1 unspecified atom stereocenters. The number of anilines is 2. The minimum atomic E-state index is -0.514. The van der Waals surface area contributed by atoms with E-state index in [9.17, 15) is 9.18 Å². The number of aldehydes is 1. The Bertz CT molecular complexity index is 1250. The first-order valence-corrected chi connectivity index (χ1v) is 11.9. The molecule has 180 valence electrons. The molecule has 1 atom stereocenters. The fourth-order valence-corrected chi connectivity index (χ4v) is 4.85. The first-order chi connectivity index (χ1) is 17.1. The van der Waals surface area contributed by atoms with Crippen molar-refractivity contribution in [1.82, 2.24) is 15.2 Å². The number of methoxy groups -OCH3 is 1. The number of rotatable bonds is 6. The van der Waals surface area contributed by atoms with E-state index in [0.29, 0.717) is 17.4 Å². The maximum atomic E-state index is 14.0. The van der Waals surface area contributed by atoms with Gasteiger partial charge in [-0.15, -0.1) is 0 Å². The Morgan fingerprint density at radius 2 is 1.91 bits per heavy atom. The van der Waals surface area contributed by atoms with E-state index in [4.69, 9.17) is 9.72 Å². The van der Waals surface area contributed by atoms with Crippen LogP contribution in [0.15, 0.2) is 54.7 Å². The Balaban J connectivity index is 1.49. The predicted molar refractivity (Wildman–Crippen MR) is 136 cm³/mol. The molecule has 0 bridgehead atoms. The molecule has 0 aliphatic carbocycles. The number of halogens is 1. The van der Waals surface area contributed by atoms with E-state index in [-0.39, 0.29) is 5.75 Å². The van der Waals surface area contributed by atoms with Crippen molar-refractivity contribution in [2.75, 3.05) is 32.6 Å². The summed E-state index contributed by atoms with van der Waals surface area (Å²) in [6.45, 7) is 2.24. The average molecular weight is 473 g/mol. The van der Waals surface area contributed by atoms with Crippen LogP contribution in [0.3, 0.4) is 0 Å². The summed E-state index contributed by atoms with van der Waals surface area (Å²) in [6.07, 6.45) is 6.88. The van der Waals surface area contributed by atoms with Crippen LogP contribution in [0.4, 0.5) is 15.9 Å². The maximum absolute atomic E-state index is 14.0. The highest BCUT2D eigenvalue weighted by molar-refractivity contribution is 5.80. The number of carbonyl (C=O) groups excluding carboxylic acids is 1. The molecular weight excluding hydrogens is 443 g/mol. The van der Waals surface area contributed by atoms with Crippen molar-refractivity contribution in [3.63, 3.8) is 0 Å². The fraction of sp³-hybridized carbons (Fsp3) is 0.286. The number of fused-ring (bicyclic) bond motifs is 1. The highest BCUT2D eigenvalue weighted by Crippen LogP contribution is 2.36. The Morgan fingerprint density at radius 1 is 1.14 bits per heavy atom. The number of nitrogens with one attached hydrogen (secondary N) is 2. The molecule has 35 heavy (non-hydrogen) atoms. The van der Waals surface area contributed by atoms with Crippen LogP contribution < -0.4 is 15.4 Å². The van der Waals surface area contributed by atoms with E-state index < -0.39 is 11.9 Å². The summed E-state index contributed by atoms with van der Waals surface area (Å²) in [5, 5.41) is 6.52. The van der Waals surface area contributed by atoms with Gasteiger partial charge in [-0.2, -0.15) is 0 Å². The van der Waals surface area contributed by atoms with E-state index >= 15 is 0 Å². The zero-order valence-electron chi connectivity index (χ0n) is 19.9. The Hall–Kier alpha value is -3.71. The molecule has 1 fully saturated rings. The Labute approximate surface area is 204 Å². The quantitative estimate of drug-likeness (QED) is 0.477. The lowest BCUT2D eigenvalue weighted by atomic mass is 9.89. The van der Waals surface area contributed by atoms with Crippen molar-refractivity contribution in [3.8, 4) is 17.0 Å². The minimum absolute atomic E-state index is 0.156. The van der Waals surface area contributed by atoms with E-state index in [1.165, 1.54) is 31.6 Å². The van der Waals surface area contributed by atoms with Gasteiger partial charge in [-0.1, -0.05) is 12.1 Å². The second kappa shape index (κ2) is 9.88. The zero-order valence-corrected chi connectivity index (χ0v) is 19.9. The van der Waals surface area contributed by atoms with Crippen molar-refractivity contribution in [3.05, 3.63) is 77.2 Å². The minimum Gasteiger partial charge on any atom is -0.494 e. The third kappa shape index (κ3) is 4.77. The Morgan fingerprint density at radius 3 is 2.63 bits per heavy atom. The number of ether oxygens (including phenoxy) is 1. The molecule has 2 N–H and O–H groups in total. The van der Waals surface area contributed by atoms with Gasteiger partial charge in [-0.05, 0) is 98.7 Å². The van der Waals surface area contributed by atoms with Crippen LogP contribution in [-0.4, -0.2) is 43.4 Å². The first-order valence-electron chi connectivity index (χ1n) is 11.9. The maximum Gasteiger partial charge on any atom is 0.165 e. The summed E-state index contributed by atoms with van der Waals surface area (Å²) >= 11 is 0. The van der Waals surface area contributed by atoms with Crippen LogP contribution >= 0.6 is 0 Å². The molecule has 2 aromatic carbocycles. The molecule has 5 rings (SSSR count). The van der Waals surface area contributed by atoms with Gasteiger partial charge in [-0.25, -0.2) is 9.37 Å². The van der Waals surface area contributed by atoms with Crippen LogP contribution in [0.2, 0.25) is 0 Å². The third-order valence-corrected chi connectivity index (χ3v) is 6.89. The van der Waals surface area contributed by atoms with Crippen molar-refractivity contribution >= 4 is 23.9 Å². The normalized spacial score (nSPS) is 18.0. The summed E-state index contributed by atoms with van der Waals surface area (Å²) in [4.78, 5) is 19.1. The number of benzene rings is 2. The summed E-state index contributed by atoms with van der Waals surface area (Å²) in [5.41, 5.74) is 5.27. The predicted octanol–water partition coefficient (Wildman–Crippen LogP) is 5.26. The van der Waals surface area contributed by atoms with Crippen LogP contribution in [0.5, 0.6) is 5.75 Å². The van der Waals surface area contributed by atoms with Gasteiger partial charge in [0.2, 0.25) is 0 Å². The lowest BCUT2D eigenvalue weighted by Gasteiger charge is -2.29. The summed E-state index contributed by atoms with van der Waals surface area (Å²) < 4.78 is 19.1. The molecule has 2 aliphatic rings. The van der Waals surface area contributed by atoms with Crippen LogP contribution in [0.25, 0.3) is 17.3 Å². The molecule has 0 radical (unpaired) electrons. The van der Waals surface area contributed by atoms with Gasteiger partial charge in [0.25, 0.3) is 0 Å². The second-order valence-electron chi connectivity index (χ2n) is 9.15. The number of nitrogens with zero attached hydrogens (tertiary/aromatic N) is 2. The molecule has 3 aromatic rings. The number of aromatic nitrogens is 1. The van der Waals surface area contributed by atoms with Gasteiger partial charge in [0.05, 0.1) is 12.8 Å². The van der Waals surface area contributed by atoms with Crippen molar-refractivity contribution in [1.29, 1.82) is 0 Å². The SMILES string of the molecule is COc1cc(-c2cc3c(c(Nc4ccc(C5CCN(C)CC5)cc4)n2)C(C=O)NC=C3)ccc1F. The average Bonchev–Trinajstić information content (AvgIpc) is 2.89. The van der Waals surface area contributed by atoms with E-state index in [0.717, 1.165) is 41.8 Å². The van der Waals surface area contributed by atoms with E-state index in [1.54, 1.807) is 18.3 Å². The lowest BCUT2D eigenvalue weighted by Crippen LogP contribution is -2.29. The zero-order chi connectivity index (χ0) is 24.4. The number of likely N-dealkylation sites (tertiary alicyclic amines) is 1. The van der Waals surface area contributed by atoms with E-state index in [1.807, 2.05) is 12.1 Å². The number of piperidine rings is 1. The van der Waals surface area contributed by atoms with Crippen molar-refractivity contribution in [2.45, 2.75) is 24.8 Å². The van der Waals surface area contributed by atoms with Gasteiger partial charge in [0.1, 0.15) is 18.1 Å². The molecule has 3 heterocycles. The first kappa shape index (κ1) is 23.1. The molecule has 0 amide bonds. The van der Waals surface area contributed by atoms with Crippen LogP contribution in [0, 0.1) is 5.82 Å². The van der Waals surface area contributed by atoms with E-state index in [2.05, 4.69) is 46.8 Å². The number of hydrogen-bond acceptors (Lipinski definition) is 6. The monoisotopic (exact) mass is 472 g/mol. The summed E-state index contributed by atoms with van der Waals surface area (Å²) in [5.74, 6) is 0.893. The van der Waals surface area contributed by atoms with Crippen molar-refractivity contribution < 1.29 is 13.9 Å². The van der Waals surface area contributed by atoms with Gasteiger partial charge < -0.3 is 25.1 Å². The van der Waals surface area contributed by atoms with Gasteiger partial charge >= 0.3 is 0 Å². The molecule has 2 aliphatic heterocycles. The molecule has 1 aromatic heterocycles. The smallest absolute Gasteiger partial charge is 0.165 e. The van der Waals surface area contributed by atoms with Crippen molar-refractivity contribution in [2.24, 2.45) is 0 Å². The largest absolute Gasteiger partial charge is 0.494 e. The molecule has 0 saturated carbocycles. The topological polar surface area (TPSA) is 66.5 Å². The van der Waals surface area contributed by atoms with Crippen LogP contribution in [0.1, 0.15) is 41.5 Å². The summed E-state index contributed by atoms with van der Waals surface area (Å²) in [6, 6.07) is 14.6. The van der Waals surface area contributed by atoms with Gasteiger partial charge in [0, 0.05) is 16.8 Å². The standard InChI is InChI=1S/C28H29FN4O2/c1-33-13-10-19(11-14-33)18-3-6-22(7-4-18)31-28-27-21(9-12-30-25(27)17-34)15-24(32-28)20-5-8-23(29)26(16-20)35-2/h3-9,12,15-17,19,25,30H,10-11,13-14H2,1-2H3,(H,31,32). The molecule has 1 saturated heterocycles. The highest BCUT2D eigenvalue weighted by atomic mass is 19.1. The molecule has 7 heteroatoms. The molecular formula is C28H29FN4O2. The van der Waals surface area contributed by atoms with Crippen LogP contribution in [-0.2, 0) is 4.79 Å². The molecule has 6 nitrogen and oxygen atoms in total. The fourth-order valence-electron chi connectivity index (χ4n) is 4.85.